The van der Waals surface area contributed by atoms with Gasteiger partial charge in [-0.15, -0.1) is 0 Å². The van der Waals surface area contributed by atoms with Gasteiger partial charge in [-0.2, -0.15) is 5.10 Å². The van der Waals surface area contributed by atoms with Crippen LogP contribution in [0.15, 0.2) is 23.6 Å². The molecule has 1 aliphatic heterocycles. The third-order valence-corrected chi connectivity index (χ3v) is 4.69. The molecule has 11 heteroatoms. The summed E-state index contributed by atoms with van der Waals surface area (Å²) in [4.78, 5) is 6.50. The second kappa shape index (κ2) is 5.50. The molecule has 3 N–H and O–H groups in total. The van der Waals surface area contributed by atoms with E-state index in [0.717, 1.165) is 0 Å². The second-order valence-corrected chi connectivity index (χ2v) is 5.56. The third-order valence-electron chi connectivity index (χ3n) is 3.59. The fourth-order valence-electron chi connectivity index (χ4n) is 2.48. The molecule has 0 unspecified atom stereocenters. The Hall–Kier alpha value is -1.69. The van der Waals surface area contributed by atoms with Gasteiger partial charge in [0.1, 0.15) is 24.1 Å². The van der Waals surface area contributed by atoms with Gasteiger partial charge < -0.3 is 15.6 Å². The number of rotatable bonds is 3. The highest BCUT2D eigenvalue weighted by molar-refractivity contribution is 14.1. The first-order chi connectivity index (χ1) is 10.5. The van der Waals surface area contributed by atoms with E-state index in [4.69, 9.17) is 16.0 Å². The second-order valence-electron chi connectivity index (χ2n) is 4.80. The van der Waals surface area contributed by atoms with E-state index >= 15 is 0 Å². The van der Waals surface area contributed by atoms with Crippen molar-refractivity contribution in [3.63, 3.8) is 0 Å². The Balaban J connectivity index is 2.08. The van der Waals surface area contributed by atoms with Gasteiger partial charge in [-0.1, -0.05) is 27.7 Å². The minimum atomic E-state index is -1.77. The number of azide groups is 1. The molecule has 3 rings (SSSR count). The van der Waals surface area contributed by atoms with Crippen molar-refractivity contribution in [3.8, 4) is 0 Å². The first kappa shape index (κ1) is 15.2. The number of hydrogen-bond donors (Lipinski definition) is 2. The van der Waals surface area contributed by atoms with Gasteiger partial charge in [-0.25, -0.2) is 13.9 Å². The van der Waals surface area contributed by atoms with Crippen LogP contribution in [0.2, 0.25) is 0 Å². The van der Waals surface area contributed by atoms with Gasteiger partial charge in [0, 0.05) is 9.34 Å². The third kappa shape index (κ3) is 2.08. The van der Waals surface area contributed by atoms with E-state index in [0.29, 0.717) is 11.2 Å². The number of nitrogens with zero attached hydrogens (tertiary/aromatic N) is 6. The van der Waals surface area contributed by atoms with Gasteiger partial charge in [0.2, 0.25) is 0 Å². The molecule has 0 radical (unpaired) electrons. The van der Waals surface area contributed by atoms with Crippen LogP contribution in [0.5, 0.6) is 0 Å². The van der Waals surface area contributed by atoms with Crippen molar-refractivity contribution >= 4 is 33.9 Å². The molecule has 1 fully saturated rings. The van der Waals surface area contributed by atoms with Crippen LogP contribution in [-0.4, -0.2) is 42.1 Å². The van der Waals surface area contributed by atoms with E-state index < -0.39 is 24.1 Å². The molecule has 0 amide bonds. The van der Waals surface area contributed by atoms with Crippen LogP contribution in [0.3, 0.4) is 0 Å². The number of fused-ring (bicyclic) bond motifs is 1. The maximum atomic E-state index is 14.5. The summed E-state index contributed by atoms with van der Waals surface area (Å²) in [5.41, 5.74) is 13.6. The van der Waals surface area contributed by atoms with Crippen molar-refractivity contribution < 1.29 is 14.2 Å². The number of anilines is 1. The molecule has 0 spiro atoms. The number of ether oxygens (including phenoxy) is 1. The van der Waals surface area contributed by atoms with Crippen molar-refractivity contribution in [3.05, 3.63) is 34.6 Å². The Morgan fingerprint density at radius 2 is 2.41 bits per heavy atom. The largest absolute Gasteiger partial charge is 0.387 e. The van der Waals surface area contributed by atoms with E-state index in [1.807, 2.05) is 22.6 Å². The van der Waals surface area contributed by atoms with E-state index in [9.17, 15) is 9.50 Å². The summed E-state index contributed by atoms with van der Waals surface area (Å²) in [5.74, 6) is 0.241. The monoisotopic (exact) mass is 419 g/mol. The number of alkyl halides is 2. The number of nitrogen functional groups attached to an aromatic ring is 1. The average Bonchev–Trinajstić information content (AvgIpc) is 3.04. The summed E-state index contributed by atoms with van der Waals surface area (Å²) < 4.78 is 21.6. The highest BCUT2D eigenvalue weighted by Gasteiger charge is 2.55. The van der Waals surface area contributed by atoms with Crippen LogP contribution >= 0.6 is 22.6 Å². The number of nitrogens with two attached hydrogens (primary N) is 1. The predicted octanol–water partition coefficient (Wildman–Crippen LogP) is 1.52. The number of aromatic nitrogens is 3. The molecule has 3 heterocycles. The molecule has 9 nitrogen and oxygen atoms in total. The quantitative estimate of drug-likeness (QED) is 0.256. The lowest BCUT2D eigenvalue weighted by Crippen LogP contribution is -2.41. The maximum Gasteiger partial charge on any atom is 0.185 e. The van der Waals surface area contributed by atoms with Crippen LogP contribution in [0, 0.1) is 0 Å². The van der Waals surface area contributed by atoms with Crippen LogP contribution in [0.4, 0.5) is 10.2 Å². The summed E-state index contributed by atoms with van der Waals surface area (Å²) in [6, 6.07) is 3.22. The molecule has 22 heavy (non-hydrogen) atoms. The summed E-state index contributed by atoms with van der Waals surface area (Å²) >= 11 is 1.87. The number of hydrogen-bond acceptors (Lipinski definition) is 6. The summed E-state index contributed by atoms with van der Waals surface area (Å²) in [6.07, 6.45) is -3.24. The highest BCUT2D eigenvalue weighted by atomic mass is 127. The Morgan fingerprint density at radius 1 is 1.64 bits per heavy atom. The molecule has 0 aliphatic carbocycles. The Kier molecular flexibility index (Phi) is 3.80. The first-order valence-electron chi connectivity index (χ1n) is 6.24. The Labute approximate surface area is 137 Å². The van der Waals surface area contributed by atoms with Crippen molar-refractivity contribution in [2.75, 3.05) is 10.2 Å². The number of aliphatic hydroxyl groups is 1. The van der Waals surface area contributed by atoms with E-state index in [2.05, 4.69) is 20.1 Å². The van der Waals surface area contributed by atoms with Crippen molar-refractivity contribution in [2.24, 2.45) is 5.11 Å². The summed E-state index contributed by atoms with van der Waals surface area (Å²) in [7, 11) is 0. The molecular formula is C11H11FIN7O2. The smallest absolute Gasteiger partial charge is 0.185 e. The zero-order valence-electron chi connectivity index (χ0n) is 11.0. The highest BCUT2D eigenvalue weighted by Crippen LogP contribution is 2.44. The molecule has 2 aromatic heterocycles. The summed E-state index contributed by atoms with van der Waals surface area (Å²) in [6.45, 7) is 0. The van der Waals surface area contributed by atoms with Crippen LogP contribution in [0.1, 0.15) is 11.8 Å². The minimum Gasteiger partial charge on any atom is -0.387 e. The van der Waals surface area contributed by atoms with Crippen molar-refractivity contribution in [2.45, 2.75) is 24.1 Å². The van der Waals surface area contributed by atoms with Gasteiger partial charge in [-0.05, 0) is 17.7 Å². The van der Waals surface area contributed by atoms with Crippen molar-refractivity contribution in [1.29, 1.82) is 0 Å². The topological polar surface area (TPSA) is 134 Å². The molecule has 1 saturated heterocycles. The van der Waals surface area contributed by atoms with Crippen LogP contribution < -0.4 is 5.73 Å². The normalized spacial score (nSPS) is 31.3. The zero-order chi connectivity index (χ0) is 15.9. The molecule has 116 valence electrons. The number of aliphatic hydroxyl groups excluding tert-OH is 1. The first-order valence-corrected chi connectivity index (χ1v) is 7.77. The molecule has 0 saturated carbocycles. The molecule has 2 aromatic rings. The molecule has 0 aromatic carbocycles. The lowest BCUT2D eigenvalue weighted by molar-refractivity contribution is -0.0612. The SMILES string of the molecule is [N-]=[N+]=N[C@]1(CI)O[C@@H](c2ccc3c(N)ncnn23)[C@H](F)[C@@H]1O. The fraction of sp³-hybridized carbons (Fsp3) is 0.455. The average molecular weight is 419 g/mol. The lowest BCUT2D eigenvalue weighted by Gasteiger charge is -2.23. The summed E-state index contributed by atoms with van der Waals surface area (Å²) in [5, 5.41) is 17.6. The zero-order valence-corrected chi connectivity index (χ0v) is 13.2. The predicted molar refractivity (Wildman–Crippen MR) is 82.9 cm³/mol. The lowest BCUT2D eigenvalue weighted by atomic mass is 10.0. The van der Waals surface area contributed by atoms with Gasteiger partial charge in [0.15, 0.2) is 17.7 Å². The minimum absolute atomic E-state index is 0.105. The standard InChI is InChI=1S/C11H11FIN7O2/c12-7-8(22-11(3-13,9(7)21)18-19-15)5-1-2-6-10(14)16-4-17-20(5)6/h1-2,4,7-9,21H,3H2,(H2,14,16,17)/t7-,8-,9-,11+/m0/s1. The van der Waals surface area contributed by atoms with Gasteiger partial charge in [0.05, 0.1) is 5.69 Å². The Morgan fingerprint density at radius 3 is 3.09 bits per heavy atom. The van der Waals surface area contributed by atoms with E-state index in [1.165, 1.54) is 10.8 Å². The molecule has 0 bridgehead atoms. The fourth-order valence-corrected chi connectivity index (χ4v) is 3.26. The van der Waals surface area contributed by atoms with E-state index in [-0.39, 0.29) is 10.2 Å². The van der Waals surface area contributed by atoms with Crippen molar-refractivity contribution in [1.82, 2.24) is 14.6 Å². The van der Waals surface area contributed by atoms with Gasteiger partial charge in [-0.3, -0.25) is 0 Å². The van der Waals surface area contributed by atoms with E-state index in [1.54, 1.807) is 12.1 Å². The molecular weight excluding hydrogens is 408 g/mol. The van der Waals surface area contributed by atoms with Crippen LogP contribution in [-0.2, 0) is 4.74 Å². The maximum absolute atomic E-state index is 14.5. The Bertz CT molecular complexity index is 764. The van der Waals surface area contributed by atoms with Gasteiger partial charge >= 0.3 is 0 Å². The van der Waals surface area contributed by atoms with Crippen LogP contribution in [0.25, 0.3) is 16.0 Å². The molecule has 1 aliphatic rings. The molecule has 4 atom stereocenters. The van der Waals surface area contributed by atoms with Gasteiger partial charge in [0.25, 0.3) is 0 Å². The number of halogens is 2.